The second-order valence-corrected chi connectivity index (χ2v) is 4.11. The predicted molar refractivity (Wildman–Crippen MR) is 42.2 cm³/mol. The largest absolute Gasteiger partial charge is 0.303 e. The van der Waals surface area contributed by atoms with Gasteiger partial charge >= 0.3 is 0 Å². The molecule has 0 spiro atoms. The Balaban J connectivity index is 2.59. The maximum Gasteiger partial charge on any atom is 0.136 e. The molecule has 2 heteroatoms. The van der Waals surface area contributed by atoms with E-state index >= 15 is 0 Å². The van der Waals surface area contributed by atoms with Crippen molar-refractivity contribution in [1.29, 1.82) is 0 Å². The Hall–Kier alpha value is -0.660. The zero-order valence-electron chi connectivity index (χ0n) is 7.09. The molecule has 1 aliphatic carbocycles. The minimum Gasteiger partial charge on any atom is -0.303 e. The Kier molecular flexibility index (Phi) is 2.12. The first-order valence-electron chi connectivity index (χ1n) is 4.01. The fourth-order valence-electron chi connectivity index (χ4n) is 1.80. The average molecular weight is 154 g/mol. The summed E-state index contributed by atoms with van der Waals surface area (Å²) in [4.78, 5) is 21.4. The van der Waals surface area contributed by atoms with Crippen LogP contribution in [0.1, 0.15) is 33.1 Å². The van der Waals surface area contributed by atoms with Gasteiger partial charge in [-0.05, 0) is 11.8 Å². The minimum atomic E-state index is 0.0162. The van der Waals surface area contributed by atoms with Gasteiger partial charge < -0.3 is 4.79 Å². The topological polar surface area (TPSA) is 34.1 Å². The molecule has 1 aliphatic rings. The zero-order valence-corrected chi connectivity index (χ0v) is 7.09. The van der Waals surface area contributed by atoms with Crippen molar-refractivity contribution < 1.29 is 9.59 Å². The van der Waals surface area contributed by atoms with Crippen molar-refractivity contribution in [1.82, 2.24) is 0 Å². The second-order valence-electron chi connectivity index (χ2n) is 4.11. The number of rotatable bonds is 2. The van der Waals surface area contributed by atoms with Gasteiger partial charge in [0.05, 0.1) is 0 Å². The summed E-state index contributed by atoms with van der Waals surface area (Å²) in [6, 6.07) is 0. The van der Waals surface area contributed by atoms with Gasteiger partial charge in [0.25, 0.3) is 0 Å². The summed E-state index contributed by atoms with van der Waals surface area (Å²) < 4.78 is 0. The van der Waals surface area contributed by atoms with Crippen molar-refractivity contribution in [2.75, 3.05) is 0 Å². The van der Waals surface area contributed by atoms with Gasteiger partial charge in [0.15, 0.2) is 0 Å². The van der Waals surface area contributed by atoms with E-state index in [9.17, 15) is 9.59 Å². The normalized spacial score (nSPS) is 28.9. The first-order valence-corrected chi connectivity index (χ1v) is 4.01. The van der Waals surface area contributed by atoms with Gasteiger partial charge in [-0.15, -0.1) is 0 Å². The van der Waals surface area contributed by atoms with E-state index in [0.29, 0.717) is 12.8 Å². The molecule has 0 amide bonds. The quantitative estimate of drug-likeness (QED) is 0.566. The van der Waals surface area contributed by atoms with E-state index in [4.69, 9.17) is 0 Å². The summed E-state index contributed by atoms with van der Waals surface area (Å²) in [5.41, 5.74) is 0.130. The Labute approximate surface area is 67.0 Å². The Morgan fingerprint density at radius 2 is 2.27 bits per heavy atom. The highest BCUT2D eigenvalue weighted by Gasteiger charge is 2.37. The lowest BCUT2D eigenvalue weighted by atomic mass is 9.90. The summed E-state index contributed by atoms with van der Waals surface area (Å²) in [6.07, 6.45) is 2.79. The maximum absolute atomic E-state index is 11.2. The third-order valence-corrected chi connectivity index (χ3v) is 2.29. The van der Waals surface area contributed by atoms with Gasteiger partial charge in [-0.1, -0.05) is 13.8 Å². The summed E-state index contributed by atoms with van der Waals surface area (Å²) in [7, 11) is 0. The molecule has 1 saturated carbocycles. The van der Waals surface area contributed by atoms with Gasteiger partial charge in [0, 0.05) is 18.8 Å². The van der Waals surface area contributed by atoms with Crippen LogP contribution >= 0.6 is 0 Å². The molecular weight excluding hydrogens is 140 g/mol. The first kappa shape index (κ1) is 8.44. The standard InChI is InChI=1S/C9H14O2/c1-9(2)5-7(3-4-10)8(11)6-9/h4,7H,3,5-6H2,1-2H3. The van der Waals surface area contributed by atoms with Crippen LogP contribution in [0.2, 0.25) is 0 Å². The molecule has 1 atom stereocenters. The van der Waals surface area contributed by atoms with Crippen molar-refractivity contribution >= 4 is 12.1 Å². The van der Waals surface area contributed by atoms with Crippen LogP contribution in [0.25, 0.3) is 0 Å². The zero-order chi connectivity index (χ0) is 8.48. The lowest BCUT2D eigenvalue weighted by Crippen LogP contribution is -2.06. The van der Waals surface area contributed by atoms with E-state index in [1.807, 2.05) is 0 Å². The van der Waals surface area contributed by atoms with E-state index in [2.05, 4.69) is 13.8 Å². The van der Waals surface area contributed by atoms with Gasteiger partial charge in [-0.3, -0.25) is 4.79 Å². The van der Waals surface area contributed by atoms with Crippen LogP contribution < -0.4 is 0 Å². The monoisotopic (exact) mass is 154 g/mol. The Morgan fingerprint density at radius 1 is 1.64 bits per heavy atom. The van der Waals surface area contributed by atoms with Crippen molar-refractivity contribution in [3.05, 3.63) is 0 Å². The van der Waals surface area contributed by atoms with Crippen molar-refractivity contribution in [2.45, 2.75) is 33.1 Å². The highest BCUT2D eigenvalue weighted by Crippen LogP contribution is 2.39. The lowest BCUT2D eigenvalue weighted by Gasteiger charge is -2.14. The van der Waals surface area contributed by atoms with Crippen LogP contribution in [0.4, 0.5) is 0 Å². The third kappa shape index (κ3) is 1.88. The summed E-state index contributed by atoms with van der Waals surface area (Å²) in [5.74, 6) is 0.282. The molecule has 0 aromatic carbocycles. The van der Waals surface area contributed by atoms with E-state index < -0.39 is 0 Å². The number of hydrogen-bond acceptors (Lipinski definition) is 2. The van der Waals surface area contributed by atoms with Crippen molar-refractivity contribution in [3.8, 4) is 0 Å². The average Bonchev–Trinajstić information content (AvgIpc) is 2.07. The number of Topliss-reactive ketones (excluding diaryl/α,β-unsaturated/α-hetero) is 1. The number of carbonyl (C=O) groups is 2. The first-order chi connectivity index (χ1) is 5.05. The molecule has 0 aromatic rings. The maximum atomic E-state index is 11.2. The van der Waals surface area contributed by atoms with E-state index in [0.717, 1.165) is 12.7 Å². The molecule has 0 radical (unpaired) electrons. The molecule has 1 rings (SSSR count). The number of hydrogen-bond donors (Lipinski definition) is 0. The summed E-state index contributed by atoms with van der Waals surface area (Å²) in [6.45, 7) is 4.16. The SMILES string of the molecule is CC1(C)CC(=O)C(CC=O)C1. The Bertz CT molecular complexity index is 182. The van der Waals surface area contributed by atoms with Crippen LogP contribution in [-0.2, 0) is 9.59 Å². The number of carbonyl (C=O) groups excluding carboxylic acids is 2. The molecule has 0 aromatic heterocycles. The van der Waals surface area contributed by atoms with E-state index in [1.54, 1.807) is 0 Å². The van der Waals surface area contributed by atoms with Crippen LogP contribution in [0.5, 0.6) is 0 Å². The fourth-order valence-corrected chi connectivity index (χ4v) is 1.80. The number of ketones is 1. The highest BCUT2D eigenvalue weighted by molar-refractivity contribution is 5.85. The predicted octanol–water partition coefficient (Wildman–Crippen LogP) is 1.58. The Morgan fingerprint density at radius 3 is 2.64 bits per heavy atom. The molecule has 62 valence electrons. The van der Waals surface area contributed by atoms with Gasteiger partial charge in [0.1, 0.15) is 12.1 Å². The van der Waals surface area contributed by atoms with E-state index in [1.165, 1.54) is 0 Å². The molecule has 0 bridgehead atoms. The molecule has 0 saturated heterocycles. The van der Waals surface area contributed by atoms with Crippen LogP contribution in [0, 0.1) is 11.3 Å². The molecule has 11 heavy (non-hydrogen) atoms. The molecular formula is C9H14O2. The van der Waals surface area contributed by atoms with Gasteiger partial charge in [0.2, 0.25) is 0 Å². The minimum absolute atomic E-state index is 0.0162. The van der Waals surface area contributed by atoms with Gasteiger partial charge in [-0.25, -0.2) is 0 Å². The smallest absolute Gasteiger partial charge is 0.136 e. The molecule has 0 N–H and O–H groups in total. The number of aldehydes is 1. The van der Waals surface area contributed by atoms with Crippen molar-refractivity contribution in [2.24, 2.45) is 11.3 Å². The van der Waals surface area contributed by atoms with Crippen LogP contribution in [0.3, 0.4) is 0 Å². The van der Waals surface area contributed by atoms with Crippen molar-refractivity contribution in [3.63, 3.8) is 0 Å². The van der Waals surface area contributed by atoms with E-state index in [-0.39, 0.29) is 17.1 Å². The molecule has 0 aliphatic heterocycles. The third-order valence-electron chi connectivity index (χ3n) is 2.29. The highest BCUT2D eigenvalue weighted by atomic mass is 16.1. The van der Waals surface area contributed by atoms with Gasteiger partial charge in [-0.2, -0.15) is 0 Å². The molecule has 1 unspecified atom stereocenters. The summed E-state index contributed by atoms with van der Waals surface area (Å²) >= 11 is 0. The second kappa shape index (κ2) is 2.76. The molecule has 1 fully saturated rings. The molecule has 0 heterocycles. The fraction of sp³-hybridized carbons (Fsp3) is 0.778. The summed E-state index contributed by atoms with van der Waals surface area (Å²) in [5, 5.41) is 0. The van der Waals surface area contributed by atoms with Crippen LogP contribution in [-0.4, -0.2) is 12.1 Å². The lowest BCUT2D eigenvalue weighted by molar-refractivity contribution is -0.122. The van der Waals surface area contributed by atoms with Crippen LogP contribution in [0.15, 0.2) is 0 Å². The molecule has 2 nitrogen and oxygen atoms in total.